The van der Waals surface area contributed by atoms with Crippen LogP contribution in [0.3, 0.4) is 0 Å². The van der Waals surface area contributed by atoms with Crippen molar-refractivity contribution in [2.75, 3.05) is 11.5 Å². The standard InChI is InChI=1S/C24H33N3O6S3/c1-14(2)22-19(28)12-21(30)33-15-6-3-4-9-35-36-13-18(24(32)27-22)26-23(31)17(25-20(29)10-15)11-16-7-5-8-34-16/h3,5-8,14-15,17-19,22,28H,4,9-13H2,1-2H3,(H,25,29)(H,26,31)(H,27,32)/b6-3+/t15-,17-,18+,19+,22-/m1/s1. The van der Waals surface area contributed by atoms with Crippen LogP contribution in [-0.4, -0.2) is 70.6 Å². The molecule has 1 fully saturated rings. The molecule has 2 aliphatic heterocycles. The summed E-state index contributed by atoms with van der Waals surface area (Å²) in [6.07, 6.45) is 1.94. The lowest BCUT2D eigenvalue weighted by Gasteiger charge is -2.29. The third-order valence-electron chi connectivity index (χ3n) is 5.79. The highest BCUT2D eigenvalue weighted by molar-refractivity contribution is 8.76. The minimum atomic E-state index is -1.19. The fourth-order valence-corrected chi connectivity index (χ4v) is 6.81. The number of rotatable bonds is 3. The highest BCUT2D eigenvalue weighted by Crippen LogP contribution is 2.24. The summed E-state index contributed by atoms with van der Waals surface area (Å²) in [6.45, 7) is 3.66. The van der Waals surface area contributed by atoms with Gasteiger partial charge in [0.05, 0.1) is 25.0 Å². The van der Waals surface area contributed by atoms with Gasteiger partial charge in [0.25, 0.3) is 0 Å². The molecule has 1 aromatic heterocycles. The monoisotopic (exact) mass is 555 g/mol. The summed E-state index contributed by atoms with van der Waals surface area (Å²) < 4.78 is 5.54. The molecule has 0 unspecified atom stereocenters. The Labute approximate surface area is 223 Å². The van der Waals surface area contributed by atoms with Gasteiger partial charge in [-0.1, -0.05) is 47.6 Å². The van der Waals surface area contributed by atoms with Crippen LogP contribution in [0.4, 0.5) is 0 Å². The molecule has 4 N–H and O–H groups in total. The molecular weight excluding hydrogens is 522 g/mol. The molecule has 2 aliphatic rings. The Morgan fingerprint density at radius 1 is 1.08 bits per heavy atom. The van der Waals surface area contributed by atoms with Gasteiger partial charge in [0.15, 0.2) is 0 Å². The number of esters is 1. The molecule has 198 valence electrons. The molecule has 0 saturated carbocycles. The van der Waals surface area contributed by atoms with Crippen molar-refractivity contribution in [3.05, 3.63) is 34.5 Å². The van der Waals surface area contributed by atoms with Gasteiger partial charge in [-0.2, -0.15) is 0 Å². The van der Waals surface area contributed by atoms with Gasteiger partial charge in [-0.15, -0.1) is 11.3 Å². The van der Waals surface area contributed by atoms with Gasteiger partial charge in [0, 0.05) is 22.8 Å². The van der Waals surface area contributed by atoms with Crippen LogP contribution >= 0.6 is 32.9 Å². The first kappa shape index (κ1) is 28.5. The number of hydrogen-bond donors (Lipinski definition) is 4. The zero-order valence-electron chi connectivity index (χ0n) is 20.3. The minimum Gasteiger partial charge on any atom is -0.457 e. The van der Waals surface area contributed by atoms with E-state index in [1.165, 1.54) is 22.1 Å². The Hall–Kier alpha value is -2.02. The molecule has 2 bridgehead atoms. The number of allylic oxidation sites excluding steroid dienone is 1. The largest absolute Gasteiger partial charge is 0.457 e. The number of fused-ring (bicyclic) bond motifs is 7. The summed E-state index contributed by atoms with van der Waals surface area (Å²) in [7, 11) is 3.03. The van der Waals surface area contributed by atoms with E-state index in [1.54, 1.807) is 16.9 Å². The second-order valence-electron chi connectivity index (χ2n) is 9.07. The summed E-state index contributed by atoms with van der Waals surface area (Å²) in [5.41, 5.74) is 0. The zero-order valence-corrected chi connectivity index (χ0v) is 22.8. The van der Waals surface area contributed by atoms with Crippen molar-refractivity contribution in [1.29, 1.82) is 0 Å². The second-order valence-corrected chi connectivity index (χ2v) is 12.7. The van der Waals surface area contributed by atoms with Gasteiger partial charge in [-0.3, -0.25) is 19.2 Å². The average molecular weight is 556 g/mol. The predicted octanol–water partition coefficient (Wildman–Crippen LogP) is 1.81. The van der Waals surface area contributed by atoms with E-state index in [0.717, 1.165) is 10.6 Å². The molecule has 3 heterocycles. The quantitative estimate of drug-likeness (QED) is 0.252. The first-order valence-electron chi connectivity index (χ1n) is 11.9. The number of amides is 3. The Balaban J connectivity index is 1.98. The van der Waals surface area contributed by atoms with E-state index >= 15 is 0 Å². The van der Waals surface area contributed by atoms with Gasteiger partial charge in [-0.25, -0.2) is 0 Å². The minimum absolute atomic E-state index is 0.164. The number of ether oxygens (including phenoxy) is 1. The van der Waals surface area contributed by atoms with E-state index in [2.05, 4.69) is 16.0 Å². The predicted molar refractivity (Wildman–Crippen MR) is 142 cm³/mol. The molecule has 3 amide bonds. The first-order valence-corrected chi connectivity index (χ1v) is 15.3. The zero-order chi connectivity index (χ0) is 26.1. The molecule has 1 saturated heterocycles. The maximum Gasteiger partial charge on any atom is 0.309 e. The molecule has 1 aromatic rings. The highest BCUT2D eigenvalue weighted by Gasteiger charge is 2.33. The van der Waals surface area contributed by atoms with Gasteiger partial charge >= 0.3 is 5.97 Å². The average Bonchev–Trinajstić information content (AvgIpc) is 3.31. The van der Waals surface area contributed by atoms with E-state index < -0.39 is 54.0 Å². The fourth-order valence-electron chi connectivity index (χ4n) is 3.91. The maximum atomic E-state index is 13.3. The van der Waals surface area contributed by atoms with Crippen molar-refractivity contribution < 1.29 is 29.0 Å². The van der Waals surface area contributed by atoms with E-state index in [9.17, 15) is 24.3 Å². The van der Waals surface area contributed by atoms with Crippen molar-refractivity contribution in [3.8, 4) is 0 Å². The van der Waals surface area contributed by atoms with Gasteiger partial charge in [-0.05, 0) is 29.9 Å². The topological polar surface area (TPSA) is 134 Å². The lowest BCUT2D eigenvalue weighted by Crippen LogP contribution is -2.58. The summed E-state index contributed by atoms with van der Waals surface area (Å²) in [5.74, 6) is -1.19. The van der Waals surface area contributed by atoms with Crippen LogP contribution in [0.25, 0.3) is 0 Å². The van der Waals surface area contributed by atoms with Crippen molar-refractivity contribution >= 4 is 56.6 Å². The Kier molecular flexibility index (Phi) is 11.1. The normalized spacial score (nSPS) is 30.2. The van der Waals surface area contributed by atoms with Crippen LogP contribution < -0.4 is 16.0 Å². The second kappa shape index (κ2) is 14.1. The summed E-state index contributed by atoms with van der Waals surface area (Å²) in [6, 6.07) is 1.21. The third-order valence-corrected chi connectivity index (χ3v) is 9.14. The molecule has 0 spiro atoms. The van der Waals surface area contributed by atoms with Crippen molar-refractivity contribution in [2.24, 2.45) is 5.92 Å². The Morgan fingerprint density at radius 2 is 1.89 bits per heavy atom. The van der Waals surface area contributed by atoms with Crippen LogP contribution in [0.2, 0.25) is 0 Å². The molecule has 0 radical (unpaired) electrons. The summed E-state index contributed by atoms with van der Waals surface area (Å²) in [5, 5.41) is 21.1. The Morgan fingerprint density at radius 3 is 2.61 bits per heavy atom. The van der Waals surface area contributed by atoms with Crippen LogP contribution in [-0.2, 0) is 30.3 Å². The molecular formula is C24H33N3O6S3. The van der Waals surface area contributed by atoms with Crippen LogP contribution in [0.15, 0.2) is 29.7 Å². The lowest BCUT2D eigenvalue weighted by molar-refractivity contribution is -0.151. The molecule has 0 aromatic carbocycles. The van der Waals surface area contributed by atoms with Gasteiger partial charge < -0.3 is 25.8 Å². The maximum absolute atomic E-state index is 13.3. The fraction of sp³-hybridized carbons (Fsp3) is 0.583. The van der Waals surface area contributed by atoms with E-state index in [-0.39, 0.29) is 25.2 Å². The number of aliphatic hydroxyl groups excluding tert-OH is 1. The number of nitrogens with one attached hydrogen (secondary N) is 3. The van der Waals surface area contributed by atoms with E-state index in [4.69, 9.17) is 4.74 Å². The molecule has 9 nitrogen and oxygen atoms in total. The summed E-state index contributed by atoms with van der Waals surface area (Å²) in [4.78, 5) is 53.1. The molecule has 3 rings (SSSR count). The van der Waals surface area contributed by atoms with Crippen molar-refractivity contribution in [2.45, 2.75) is 69.9 Å². The number of carbonyl (C=O) groups excluding carboxylic acids is 4. The van der Waals surface area contributed by atoms with Crippen LogP contribution in [0, 0.1) is 5.92 Å². The molecule has 5 atom stereocenters. The lowest BCUT2D eigenvalue weighted by atomic mass is 9.96. The number of aliphatic hydroxyl groups is 1. The number of carbonyl (C=O) groups is 4. The smallest absolute Gasteiger partial charge is 0.309 e. The third kappa shape index (κ3) is 8.82. The molecule has 12 heteroatoms. The SMILES string of the molecule is CC(C)[C@H]1NC(=O)[C@@H]2CSSCC/C=C/[C@H](CC(=O)N[C@H](Cc3cccs3)C(=O)N2)OC(=O)C[C@@H]1O. The van der Waals surface area contributed by atoms with E-state index in [0.29, 0.717) is 12.2 Å². The summed E-state index contributed by atoms with van der Waals surface area (Å²) >= 11 is 1.47. The van der Waals surface area contributed by atoms with Gasteiger partial charge in [0.1, 0.15) is 18.2 Å². The Bertz CT molecular complexity index is 940. The van der Waals surface area contributed by atoms with Crippen LogP contribution in [0.1, 0.15) is 38.0 Å². The number of hydrogen-bond acceptors (Lipinski definition) is 9. The molecule has 0 aliphatic carbocycles. The first-order chi connectivity index (χ1) is 17.2. The number of thiophene rings is 1. The highest BCUT2D eigenvalue weighted by atomic mass is 33.1. The van der Waals surface area contributed by atoms with Crippen molar-refractivity contribution in [3.63, 3.8) is 0 Å². The molecule has 36 heavy (non-hydrogen) atoms. The van der Waals surface area contributed by atoms with Crippen LogP contribution in [0.5, 0.6) is 0 Å². The van der Waals surface area contributed by atoms with E-state index in [1.807, 2.05) is 37.4 Å². The van der Waals surface area contributed by atoms with Crippen molar-refractivity contribution in [1.82, 2.24) is 16.0 Å². The van der Waals surface area contributed by atoms with Gasteiger partial charge in [0.2, 0.25) is 17.7 Å².